The van der Waals surface area contributed by atoms with E-state index in [9.17, 15) is 4.79 Å². The predicted molar refractivity (Wildman–Crippen MR) is 76.5 cm³/mol. The van der Waals surface area contributed by atoms with Crippen LogP contribution in [0.1, 0.15) is 12.5 Å². The average Bonchev–Trinajstić information content (AvgIpc) is 2.91. The van der Waals surface area contributed by atoms with Crippen molar-refractivity contribution in [1.82, 2.24) is 5.32 Å². The highest BCUT2D eigenvalue weighted by Gasteiger charge is 2.15. The Morgan fingerprint density at radius 1 is 1.42 bits per heavy atom. The lowest BCUT2D eigenvalue weighted by Gasteiger charge is -2.09. The van der Waals surface area contributed by atoms with Gasteiger partial charge in [-0.05, 0) is 31.0 Å². The maximum Gasteiger partial charge on any atom is 0.344 e. The summed E-state index contributed by atoms with van der Waals surface area (Å²) >= 11 is 1.96. The number of thioether (sulfide) groups is 1. The van der Waals surface area contributed by atoms with Crippen molar-refractivity contribution in [2.24, 2.45) is 0 Å². The zero-order valence-electron chi connectivity index (χ0n) is 11.1. The first-order valence-corrected chi connectivity index (χ1v) is 7.52. The van der Waals surface area contributed by atoms with Gasteiger partial charge in [0.15, 0.2) is 6.61 Å². The van der Waals surface area contributed by atoms with Crippen LogP contribution in [0.3, 0.4) is 0 Å². The second-order valence-electron chi connectivity index (χ2n) is 4.33. The molecule has 1 fully saturated rings. The molecule has 0 radical (unpaired) electrons. The fraction of sp³-hybridized carbons (Fsp3) is 0.500. The van der Waals surface area contributed by atoms with Gasteiger partial charge in [0.1, 0.15) is 5.75 Å². The fourth-order valence-corrected chi connectivity index (χ4v) is 2.93. The zero-order chi connectivity index (χ0) is 13.5. The van der Waals surface area contributed by atoms with Gasteiger partial charge in [-0.2, -0.15) is 0 Å². The number of carbonyl (C=O) groups is 1. The largest absolute Gasteiger partial charge is 0.482 e. The SMILES string of the molecule is CCOC(=O)COc1ccc(CC2CNCS2)cc1. The van der Waals surface area contributed by atoms with E-state index >= 15 is 0 Å². The molecule has 0 aliphatic carbocycles. The fourth-order valence-electron chi connectivity index (χ4n) is 1.92. The van der Waals surface area contributed by atoms with E-state index in [1.807, 2.05) is 23.9 Å². The Labute approximate surface area is 117 Å². The molecule has 1 atom stereocenters. The second-order valence-corrected chi connectivity index (χ2v) is 5.62. The van der Waals surface area contributed by atoms with Gasteiger partial charge in [-0.3, -0.25) is 0 Å². The quantitative estimate of drug-likeness (QED) is 0.806. The molecular formula is C14H19NO3S. The summed E-state index contributed by atoms with van der Waals surface area (Å²) in [5.74, 6) is 1.42. The highest BCUT2D eigenvalue weighted by molar-refractivity contribution is 8.00. The van der Waals surface area contributed by atoms with E-state index in [2.05, 4.69) is 17.4 Å². The van der Waals surface area contributed by atoms with Crippen molar-refractivity contribution in [3.8, 4) is 5.75 Å². The van der Waals surface area contributed by atoms with Crippen LogP contribution in [0, 0.1) is 0 Å². The molecule has 1 aliphatic rings. The maximum absolute atomic E-state index is 11.2. The first-order valence-electron chi connectivity index (χ1n) is 6.47. The highest BCUT2D eigenvalue weighted by atomic mass is 32.2. The number of rotatable bonds is 6. The number of ether oxygens (including phenoxy) is 2. The summed E-state index contributed by atoms with van der Waals surface area (Å²) in [6.45, 7) is 3.21. The van der Waals surface area contributed by atoms with Crippen LogP contribution in [0.4, 0.5) is 0 Å². The number of esters is 1. The summed E-state index contributed by atoms with van der Waals surface area (Å²) in [6.07, 6.45) is 1.07. The van der Waals surface area contributed by atoms with Gasteiger partial charge in [0.05, 0.1) is 6.61 Å². The minimum absolute atomic E-state index is 0.0322. The molecule has 19 heavy (non-hydrogen) atoms. The Morgan fingerprint density at radius 3 is 2.84 bits per heavy atom. The molecule has 0 spiro atoms. The van der Waals surface area contributed by atoms with Crippen molar-refractivity contribution in [3.05, 3.63) is 29.8 Å². The Bertz CT molecular complexity index is 402. The molecule has 0 amide bonds. The Hall–Kier alpha value is -1.20. The van der Waals surface area contributed by atoms with E-state index in [-0.39, 0.29) is 12.6 Å². The van der Waals surface area contributed by atoms with E-state index in [1.54, 1.807) is 6.92 Å². The van der Waals surface area contributed by atoms with Crippen molar-refractivity contribution in [2.75, 3.05) is 25.6 Å². The van der Waals surface area contributed by atoms with Crippen LogP contribution < -0.4 is 10.1 Å². The van der Waals surface area contributed by atoms with Crippen molar-refractivity contribution in [1.29, 1.82) is 0 Å². The smallest absolute Gasteiger partial charge is 0.344 e. The molecule has 1 aromatic rings. The molecule has 104 valence electrons. The number of benzene rings is 1. The molecule has 1 saturated heterocycles. The Kier molecular flexibility index (Phi) is 5.54. The van der Waals surface area contributed by atoms with Crippen molar-refractivity contribution < 1.29 is 14.3 Å². The van der Waals surface area contributed by atoms with Crippen LogP contribution in [-0.4, -0.2) is 36.9 Å². The van der Waals surface area contributed by atoms with Gasteiger partial charge in [-0.25, -0.2) is 4.79 Å². The topological polar surface area (TPSA) is 47.6 Å². The maximum atomic E-state index is 11.2. The third-order valence-electron chi connectivity index (χ3n) is 2.84. The lowest BCUT2D eigenvalue weighted by molar-refractivity contribution is -0.145. The second kappa shape index (κ2) is 7.40. The molecule has 0 saturated carbocycles. The van der Waals surface area contributed by atoms with Gasteiger partial charge >= 0.3 is 5.97 Å². The summed E-state index contributed by atoms with van der Waals surface area (Å²) in [4.78, 5) is 11.2. The van der Waals surface area contributed by atoms with Crippen LogP contribution in [0.2, 0.25) is 0 Å². The van der Waals surface area contributed by atoms with Crippen molar-refractivity contribution in [3.63, 3.8) is 0 Å². The lowest BCUT2D eigenvalue weighted by atomic mass is 10.1. The number of nitrogens with one attached hydrogen (secondary N) is 1. The molecular weight excluding hydrogens is 262 g/mol. The van der Waals surface area contributed by atoms with Crippen LogP contribution in [0.15, 0.2) is 24.3 Å². The molecule has 1 aliphatic heterocycles. The van der Waals surface area contributed by atoms with E-state index in [0.29, 0.717) is 17.6 Å². The normalized spacial score (nSPS) is 18.3. The number of carbonyl (C=O) groups excluding carboxylic acids is 1. The van der Waals surface area contributed by atoms with Crippen molar-refractivity contribution >= 4 is 17.7 Å². The summed E-state index contributed by atoms with van der Waals surface area (Å²) in [5.41, 5.74) is 1.30. The van der Waals surface area contributed by atoms with Gasteiger partial charge in [0.25, 0.3) is 0 Å². The third kappa shape index (κ3) is 4.76. The molecule has 1 aromatic carbocycles. The van der Waals surface area contributed by atoms with Gasteiger partial charge < -0.3 is 14.8 Å². The average molecular weight is 281 g/mol. The molecule has 0 aromatic heterocycles. The lowest BCUT2D eigenvalue weighted by Crippen LogP contribution is -2.15. The Balaban J connectivity index is 1.79. The molecule has 1 unspecified atom stereocenters. The molecule has 2 rings (SSSR count). The van der Waals surface area contributed by atoms with Crippen LogP contribution in [0.25, 0.3) is 0 Å². The van der Waals surface area contributed by atoms with E-state index < -0.39 is 0 Å². The van der Waals surface area contributed by atoms with Crippen LogP contribution >= 0.6 is 11.8 Å². The minimum Gasteiger partial charge on any atom is -0.482 e. The molecule has 1 N–H and O–H groups in total. The molecule has 0 bridgehead atoms. The summed E-state index contributed by atoms with van der Waals surface area (Å²) in [7, 11) is 0. The number of hydrogen-bond acceptors (Lipinski definition) is 5. The van der Waals surface area contributed by atoms with Crippen LogP contribution in [-0.2, 0) is 16.0 Å². The highest BCUT2D eigenvalue weighted by Crippen LogP contribution is 2.21. The van der Waals surface area contributed by atoms with Crippen LogP contribution in [0.5, 0.6) is 5.75 Å². The summed E-state index contributed by atoms with van der Waals surface area (Å²) in [5, 5.41) is 3.99. The van der Waals surface area contributed by atoms with Gasteiger partial charge in [-0.1, -0.05) is 12.1 Å². The van der Waals surface area contributed by atoms with Gasteiger partial charge in [-0.15, -0.1) is 11.8 Å². The monoisotopic (exact) mass is 281 g/mol. The minimum atomic E-state index is -0.333. The van der Waals surface area contributed by atoms with E-state index in [0.717, 1.165) is 18.8 Å². The predicted octanol–water partition coefficient (Wildman–Crippen LogP) is 1.83. The first kappa shape index (κ1) is 14.2. The Morgan fingerprint density at radius 2 is 2.21 bits per heavy atom. The zero-order valence-corrected chi connectivity index (χ0v) is 11.9. The summed E-state index contributed by atoms with van der Waals surface area (Å²) in [6, 6.07) is 7.92. The molecule has 1 heterocycles. The standard InChI is InChI=1S/C14H19NO3S/c1-2-17-14(16)9-18-12-5-3-11(4-6-12)7-13-8-15-10-19-13/h3-6,13,15H,2,7-10H2,1H3. The molecule has 5 heteroatoms. The third-order valence-corrected chi connectivity index (χ3v) is 4.02. The van der Waals surface area contributed by atoms with E-state index in [4.69, 9.17) is 9.47 Å². The molecule has 4 nitrogen and oxygen atoms in total. The van der Waals surface area contributed by atoms with E-state index in [1.165, 1.54) is 5.56 Å². The van der Waals surface area contributed by atoms with Gasteiger partial charge in [0.2, 0.25) is 0 Å². The first-order chi connectivity index (χ1) is 9.28. The van der Waals surface area contributed by atoms with Crippen molar-refractivity contribution in [2.45, 2.75) is 18.6 Å². The van der Waals surface area contributed by atoms with Gasteiger partial charge in [0, 0.05) is 17.7 Å². The number of hydrogen-bond donors (Lipinski definition) is 1. The summed E-state index contributed by atoms with van der Waals surface area (Å²) < 4.78 is 10.2.